The number of thioether (sulfide) groups is 1. The van der Waals surface area contributed by atoms with Crippen molar-refractivity contribution in [3.63, 3.8) is 0 Å². The maximum absolute atomic E-state index is 6.72. The molecule has 1 aliphatic heterocycles. The highest BCUT2D eigenvalue weighted by atomic mass is 32.2. The molecule has 5 rings (SSSR count). The number of hydrogen-bond donors (Lipinski definition) is 1. The van der Waals surface area contributed by atoms with Gasteiger partial charge in [0.1, 0.15) is 0 Å². The van der Waals surface area contributed by atoms with E-state index in [0.717, 1.165) is 29.6 Å². The molecule has 102 valence electrons. The molecule has 1 heterocycles. The minimum absolute atomic E-state index is 0.197. The first-order valence-corrected chi connectivity index (χ1v) is 9.24. The van der Waals surface area contributed by atoms with Crippen LogP contribution in [0.3, 0.4) is 0 Å². The Morgan fingerprint density at radius 3 is 2.22 bits per heavy atom. The largest absolute Gasteiger partial charge is 0.324 e. The van der Waals surface area contributed by atoms with Crippen LogP contribution in [0.4, 0.5) is 0 Å². The summed E-state index contributed by atoms with van der Waals surface area (Å²) in [6.07, 6.45) is 11.8. The molecule has 4 bridgehead atoms. The van der Waals surface area contributed by atoms with Gasteiger partial charge in [-0.25, -0.2) is 0 Å². The fourth-order valence-electron chi connectivity index (χ4n) is 5.88. The average Bonchev–Trinajstić information content (AvgIpc) is 2.34. The van der Waals surface area contributed by atoms with Gasteiger partial charge in [-0.2, -0.15) is 11.8 Å². The van der Waals surface area contributed by atoms with Gasteiger partial charge in [-0.1, -0.05) is 0 Å². The number of hydrogen-bond acceptors (Lipinski definition) is 2. The third-order valence-electron chi connectivity index (χ3n) is 6.42. The first-order chi connectivity index (χ1) is 8.72. The van der Waals surface area contributed by atoms with Crippen molar-refractivity contribution in [2.75, 3.05) is 11.5 Å². The second-order valence-electron chi connectivity index (χ2n) is 7.82. The molecule has 0 spiro atoms. The van der Waals surface area contributed by atoms with Crippen LogP contribution < -0.4 is 5.73 Å². The first kappa shape index (κ1) is 12.1. The summed E-state index contributed by atoms with van der Waals surface area (Å²) in [6, 6.07) is 0. The van der Waals surface area contributed by atoms with Gasteiger partial charge in [0.25, 0.3) is 0 Å². The van der Waals surface area contributed by atoms with E-state index in [4.69, 9.17) is 5.73 Å². The summed E-state index contributed by atoms with van der Waals surface area (Å²) in [5.74, 6) is 7.93. The molecule has 5 aliphatic rings. The molecule has 0 aromatic heterocycles. The molecular formula is C16H27NS. The van der Waals surface area contributed by atoms with Crippen LogP contribution in [0, 0.1) is 29.6 Å². The van der Waals surface area contributed by atoms with Gasteiger partial charge in [-0.3, -0.25) is 0 Å². The van der Waals surface area contributed by atoms with Crippen LogP contribution in [0.25, 0.3) is 0 Å². The van der Waals surface area contributed by atoms with Crippen molar-refractivity contribution in [2.24, 2.45) is 35.3 Å². The Balaban J connectivity index is 1.48. The summed E-state index contributed by atoms with van der Waals surface area (Å²) in [4.78, 5) is 0. The predicted octanol–water partition coefficient (Wildman–Crippen LogP) is 3.67. The minimum atomic E-state index is 0.197. The lowest BCUT2D eigenvalue weighted by Crippen LogP contribution is -2.52. The smallest absolute Gasteiger partial charge is 0.0249 e. The van der Waals surface area contributed by atoms with E-state index in [-0.39, 0.29) is 5.54 Å². The molecule has 0 amide bonds. The normalized spacial score (nSPS) is 54.8. The molecule has 1 saturated heterocycles. The van der Waals surface area contributed by atoms with E-state index in [2.05, 4.69) is 11.8 Å². The lowest BCUT2D eigenvalue weighted by atomic mass is 9.50. The second kappa shape index (κ2) is 4.41. The quantitative estimate of drug-likeness (QED) is 0.824. The molecule has 2 heteroatoms. The van der Waals surface area contributed by atoms with E-state index in [9.17, 15) is 0 Å². The molecule has 2 N–H and O–H groups in total. The van der Waals surface area contributed by atoms with Crippen molar-refractivity contribution in [1.29, 1.82) is 0 Å². The van der Waals surface area contributed by atoms with Gasteiger partial charge in [0.2, 0.25) is 0 Å². The lowest BCUT2D eigenvalue weighted by molar-refractivity contribution is -0.0472. The van der Waals surface area contributed by atoms with Crippen LogP contribution in [0.15, 0.2) is 0 Å². The summed E-state index contributed by atoms with van der Waals surface area (Å²) < 4.78 is 0. The van der Waals surface area contributed by atoms with Crippen LogP contribution in [-0.2, 0) is 0 Å². The van der Waals surface area contributed by atoms with Crippen molar-refractivity contribution in [3.8, 4) is 0 Å². The summed E-state index contributed by atoms with van der Waals surface area (Å²) >= 11 is 2.10. The molecule has 18 heavy (non-hydrogen) atoms. The molecule has 0 aromatic carbocycles. The van der Waals surface area contributed by atoms with Gasteiger partial charge in [-0.05, 0) is 86.7 Å². The molecule has 1 atom stereocenters. The van der Waals surface area contributed by atoms with Crippen LogP contribution >= 0.6 is 11.8 Å². The first-order valence-electron chi connectivity index (χ1n) is 8.08. The maximum atomic E-state index is 6.72. The van der Waals surface area contributed by atoms with Gasteiger partial charge < -0.3 is 5.73 Å². The van der Waals surface area contributed by atoms with E-state index in [0.29, 0.717) is 0 Å². The van der Waals surface area contributed by atoms with E-state index in [1.165, 1.54) is 30.8 Å². The molecular weight excluding hydrogens is 238 g/mol. The van der Waals surface area contributed by atoms with Gasteiger partial charge in [0.15, 0.2) is 0 Å². The van der Waals surface area contributed by atoms with Crippen molar-refractivity contribution < 1.29 is 0 Å². The van der Waals surface area contributed by atoms with Crippen LogP contribution in [0.2, 0.25) is 0 Å². The van der Waals surface area contributed by atoms with Crippen molar-refractivity contribution in [2.45, 2.75) is 56.9 Å². The van der Waals surface area contributed by atoms with Crippen LogP contribution in [0.1, 0.15) is 51.4 Å². The Morgan fingerprint density at radius 2 is 1.67 bits per heavy atom. The molecule has 1 unspecified atom stereocenters. The van der Waals surface area contributed by atoms with Gasteiger partial charge >= 0.3 is 0 Å². The summed E-state index contributed by atoms with van der Waals surface area (Å²) in [5, 5.41) is 0. The molecule has 0 aromatic rings. The van der Waals surface area contributed by atoms with Crippen molar-refractivity contribution in [1.82, 2.24) is 0 Å². The summed E-state index contributed by atoms with van der Waals surface area (Å²) in [5.41, 5.74) is 6.92. The van der Waals surface area contributed by atoms with Crippen molar-refractivity contribution in [3.05, 3.63) is 0 Å². The van der Waals surface area contributed by atoms with E-state index >= 15 is 0 Å². The third kappa shape index (κ3) is 2.04. The van der Waals surface area contributed by atoms with E-state index in [1.54, 1.807) is 32.1 Å². The Kier molecular flexibility index (Phi) is 2.96. The van der Waals surface area contributed by atoms with E-state index < -0.39 is 0 Å². The molecule has 4 saturated carbocycles. The van der Waals surface area contributed by atoms with Gasteiger partial charge in [0.05, 0.1) is 0 Å². The maximum Gasteiger partial charge on any atom is 0.0249 e. The molecule has 1 nitrogen and oxygen atoms in total. The fraction of sp³-hybridized carbons (Fsp3) is 1.00. The number of nitrogens with two attached hydrogens (primary N) is 1. The highest BCUT2D eigenvalue weighted by Gasteiger charge is 2.49. The zero-order valence-corrected chi connectivity index (χ0v) is 12.3. The fourth-order valence-corrected chi connectivity index (χ4v) is 7.04. The van der Waals surface area contributed by atoms with E-state index in [1.807, 2.05) is 0 Å². The Bertz CT molecular complexity index is 293. The molecule has 4 aliphatic carbocycles. The van der Waals surface area contributed by atoms with Crippen LogP contribution in [0.5, 0.6) is 0 Å². The van der Waals surface area contributed by atoms with Gasteiger partial charge in [0, 0.05) is 11.3 Å². The summed E-state index contributed by atoms with van der Waals surface area (Å²) in [6.45, 7) is 0. The van der Waals surface area contributed by atoms with Gasteiger partial charge in [-0.15, -0.1) is 0 Å². The Hall–Kier alpha value is 0.310. The monoisotopic (exact) mass is 265 g/mol. The van der Waals surface area contributed by atoms with Crippen molar-refractivity contribution >= 4 is 11.8 Å². The second-order valence-corrected chi connectivity index (χ2v) is 8.92. The zero-order chi connectivity index (χ0) is 12.2. The molecule has 0 radical (unpaired) electrons. The SMILES string of the molecule is NC1(CC2C3CC4CC(C3)CC2C4)CCCSC1. The lowest BCUT2D eigenvalue weighted by Gasteiger charge is -2.56. The standard InChI is InChI=1S/C16H27NS/c17-16(2-1-3-18-10-16)9-15-13-5-11-4-12(7-13)8-14(15)6-11/h11-15H,1-10,17H2. The predicted molar refractivity (Wildman–Crippen MR) is 78.6 cm³/mol. The summed E-state index contributed by atoms with van der Waals surface area (Å²) in [7, 11) is 0. The molecule has 5 fully saturated rings. The number of rotatable bonds is 2. The Labute approximate surface area is 116 Å². The highest BCUT2D eigenvalue weighted by Crippen LogP contribution is 2.58. The Morgan fingerprint density at radius 1 is 1.00 bits per heavy atom. The highest BCUT2D eigenvalue weighted by molar-refractivity contribution is 7.99. The topological polar surface area (TPSA) is 26.0 Å². The van der Waals surface area contributed by atoms with Crippen LogP contribution in [-0.4, -0.2) is 17.0 Å². The third-order valence-corrected chi connectivity index (χ3v) is 7.77. The average molecular weight is 265 g/mol. The zero-order valence-electron chi connectivity index (χ0n) is 11.4. The minimum Gasteiger partial charge on any atom is -0.324 e.